The normalized spacial score (nSPS) is 14.6. The van der Waals surface area contributed by atoms with Crippen LogP contribution in [0.25, 0.3) is 5.69 Å². The lowest BCUT2D eigenvalue weighted by Gasteiger charge is -2.25. The number of carbonyl (C=O) groups is 2. The average Bonchev–Trinajstić information content (AvgIpc) is 2.96. The lowest BCUT2D eigenvalue weighted by atomic mass is 10.1. The van der Waals surface area contributed by atoms with Crippen LogP contribution in [-0.4, -0.2) is 40.6 Å². The van der Waals surface area contributed by atoms with E-state index in [0.29, 0.717) is 18.8 Å². The van der Waals surface area contributed by atoms with Crippen LogP contribution in [0, 0.1) is 19.7 Å². The number of nitrogens with zero attached hydrogens (tertiary/aromatic N) is 3. The number of nitrogens with one attached hydrogen (secondary N) is 1. The highest BCUT2D eigenvalue weighted by atomic mass is 19.1. The molecule has 2 heterocycles. The first kappa shape index (κ1) is 18.8. The van der Waals surface area contributed by atoms with Crippen LogP contribution in [0.5, 0.6) is 0 Å². The molecule has 6 nitrogen and oxygen atoms in total. The van der Waals surface area contributed by atoms with Gasteiger partial charge >= 0.3 is 11.8 Å². The SMILES string of the molecule is Cc1cc(/C=N\NC(=O)C(=O)N2CCCCC2)c(C)n1-c1ccccc1F. The lowest BCUT2D eigenvalue weighted by Crippen LogP contribution is -2.43. The van der Waals surface area contributed by atoms with Crippen LogP contribution in [0.4, 0.5) is 4.39 Å². The minimum atomic E-state index is -0.740. The molecule has 1 fully saturated rings. The van der Waals surface area contributed by atoms with Crippen molar-refractivity contribution in [2.75, 3.05) is 13.1 Å². The quantitative estimate of drug-likeness (QED) is 0.513. The van der Waals surface area contributed by atoms with Gasteiger partial charge in [0.2, 0.25) is 0 Å². The molecule has 2 amide bonds. The van der Waals surface area contributed by atoms with Crippen molar-refractivity contribution in [3.63, 3.8) is 0 Å². The van der Waals surface area contributed by atoms with Gasteiger partial charge in [0.05, 0.1) is 11.9 Å². The van der Waals surface area contributed by atoms with Gasteiger partial charge in [-0.15, -0.1) is 0 Å². The third kappa shape index (κ3) is 4.07. The van der Waals surface area contributed by atoms with Crippen LogP contribution in [0.2, 0.25) is 0 Å². The van der Waals surface area contributed by atoms with Crippen molar-refractivity contribution in [1.29, 1.82) is 0 Å². The maximum absolute atomic E-state index is 14.1. The van der Waals surface area contributed by atoms with Gasteiger partial charge < -0.3 is 9.47 Å². The summed E-state index contributed by atoms with van der Waals surface area (Å²) < 4.78 is 15.9. The molecular weight excluding hydrogens is 347 g/mol. The summed E-state index contributed by atoms with van der Waals surface area (Å²) >= 11 is 0. The number of carbonyl (C=O) groups excluding carboxylic acids is 2. The molecule has 0 unspecified atom stereocenters. The summed E-state index contributed by atoms with van der Waals surface area (Å²) in [5.41, 5.74) is 5.12. The zero-order chi connectivity index (χ0) is 19.4. The van der Waals surface area contributed by atoms with Gasteiger partial charge in [0.1, 0.15) is 5.82 Å². The number of likely N-dealkylation sites (tertiary alicyclic amines) is 1. The van der Waals surface area contributed by atoms with Crippen LogP contribution in [0.3, 0.4) is 0 Å². The van der Waals surface area contributed by atoms with E-state index in [1.54, 1.807) is 27.7 Å². The molecule has 27 heavy (non-hydrogen) atoms. The fourth-order valence-electron chi connectivity index (χ4n) is 3.37. The number of hydrogen-bond acceptors (Lipinski definition) is 3. The van der Waals surface area contributed by atoms with E-state index in [9.17, 15) is 14.0 Å². The van der Waals surface area contributed by atoms with Gasteiger partial charge in [-0.05, 0) is 51.3 Å². The summed E-state index contributed by atoms with van der Waals surface area (Å²) in [6, 6.07) is 8.38. The van der Waals surface area contributed by atoms with E-state index in [2.05, 4.69) is 10.5 Å². The number of hydrazone groups is 1. The van der Waals surface area contributed by atoms with E-state index in [-0.39, 0.29) is 5.82 Å². The van der Waals surface area contributed by atoms with Gasteiger partial charge in [0.25, 0.3) is 0 Å². The van der Waals surface area contributed by atoms with Crippen LogP contribution >= 0.6 is 0 Å². The van der Waals surface area contributed by atoms with Gasteiger partial charge in [-0.2, -0.15) is 5.10 Å². The predicted octanol–water partition coefficient (Wildman–Crippen LogP) is 2.70. The van der Waals surface area contributed by atoms with Gasteiger partial charge in [-0.3, -0.25) is 9.59 Å². The smallest absolute Gasteiger partial charge is 0.329 e. The fourth-order valence-corrected chi connectivity index (χ4v) is 3.37. The van der Waals surface area contributed by atoms with Crippen LogP contribution in [-0.2, 0) is 9.59 Å². The molecular formula is C20H23FN4O2. The molecule has 1 N–H and O–H groups in total. The number of hydrogen-bond donors (Lipinski definition) is 1. The van der Waals surface area contributed by atoms with E-state index >= 15 is 0 Å². The molecule has 1 aromatic carbocycles. The maximum Gasteiger partial charge on any atom is 0.329 e. The zero-order valence-corrected chi connectivity index (χ0v) is 15.5. The summed E-state index contributed by atoms with van der Waals surface area (Å²) in [5.74, 6) is -1.61. The summed E-state index contributed by atoms with van der Waals surface area (Å²) in [6.45, 7) is 4.94. The molecule has 0 bridgehead atoms. The second-order valence-corrected chi connectivity index (χ2v) is 6.67. The van der Waals surface area contributed by atoms with Gasteiger partial charge in [-0.1, -0.05) is 12.1 Å². The molecule has 0 radical (unpaired) electrons. The Morgan fingerprint density at radius 2 is 1.85 bits per heavy atom. The number of rotatable bonds is 3. The Balaban J connectivity index is 1.71. The minimum absolute atomic E-state index is 0.316. The highest BCUT2D eigenvalue weighted by Gasteiger charge is 2.22. The van der Waals surface area contributed by atoms with Crippen molar-refractivity contribution >= 4 is 18.0 Å². The van der Waals surface area contributed by atoms with Crippen molar-refractivity contribution in [3.8, 4) is 5.69 Å². The van der Waals surface area contributed by atoms with Crippen LogP contribution < -0.4 is 5.43 Å². The molecule has 0 spiro atoms. The van der Waals surface area contributed by atoms with Crippen LogP contribution in [0.15, 0.2) is 35.4 Å². The molecule has 1 aromatic heterocycles. The van der Waals surface area contributed by atoms with Gasteiger partial charge in [0.15, 0.2) is 0 Å². The molecule has 7 heteroatoms. The summed E-state index contributed by atoms with van der Waals surface area (Å²) in [6.07, 6.45) is 4.40. The Labute approximate surface area is 157 Å². The van der Waals surface area contributed by atoms with E-state index in [0.717, 1.165) is 36.2 Å². The second kappa shape index (κ2) is 8.16. The number of piperidine rings is 1. The average molecular weight is 370 g/mol. The van der Waals surface area contributed by atoms with Crippen molar-refractivity contribution in [2.45, 2.75) is 33.1 Å². The molecule has 142 valence electrons. The molecule has 3 rings (SSSR count). The Bertz CT molecular complexity index is 882. The topological polar surface area (TPSA) is 66.7 Å². The first-order valence-electron chi connectivity index (χ1n) is 9.05. The number of aromatic nitrogens is 1. The summed E-state index contributed by atoms with van der Waals surface area (Å²) in [5, 5.41) is 3.91. The molecule has 2 aromatic rings. The highest BCUT2D eigenvalue weighted by Crippen LogP contribution is 2.21. The minimum Gasteiger partial charge on any atom is -0.334 e. The Hall–Kier alpha value is -2.96. The van der Waals surface area contributed by atoms with E-state index in [1.807, 2.05) is 19.9 Å². The van der Waals surface area contributed by atoms with Crippen LogP contribution in [0.1, 0.15) is 36.2 Å². The Morgan fingerprint density at radius 1 is 1.15 bits per heavy atom. The second-order valence-electron chi connectivity index (χ2n) is 6.67. The molecule has 1 saturated heterocycles. The first-order chi connectivity index (χ1) is 13.0. The number of amides is 2. The highest BCUT2D eigenvalue weighted by molar-refractivity contribution is 6.35. The number of benzene rings is 1. The van der Waals surface area contributed by atoms with Gasteiger partial charge in [-0.25, -0.2) is 9.82 Å². The third-order valence-electron chi connectivity index (χ3n) is 4.77. The van der Waals surface area contributed by atoms with E-state index in [4.69, 9.17) is 0 Å². The number of halogens is 1. The van der Waals surface area contributed by atoms with Gasteiger partial charge in [0, 0.05) is 30.0 Å². The van der Waals surface area contributed by atoms with Crippen molar-refractivity contribution in [1.82, 2.24) is 14.9 Å². The van der Waals surface area contributed by atoms with Crippen molar-refractivity contribution < 1.29 is 14.0 Å². The molecule has 0 saturated carbocycles. The standard InChI is InChI=1S/C20H23FN4O2/c1-14-12-16(15(2)25(14)18-9-5-4-8-17(18)21)13-22-23-19(26)20(27)24-10-6-3-7-11-24/h4-5,8-9,12-13H,3,6-7,10-11H2,1-2H3,(H,23,26)/b22-13-. The number of para-hydroxylation sites is 1. The molecule has 0 atom stereocenters. The zero-order valence-electron chi connectivity index (χ0n) is 15.5. The largest absolute Gasteiger partial charge is 0.334 e. The van der Waals surface area contributed by atoms with E-state index in [1.165, 1.54) is 12.3 Å². The molecule has 0 aliphatic carbocycles. The molecule has 1 aliphatic heterocycles. The third-order valence-corrected chi connectivity index (χ3v) is 4.77. The van der Waals surface area contributed by atoms with Crippen molar-refractivity contribution in [3.05, 3.63) is 53.1 Å². The monoisotopic (exact) mass is 370 g/mol. The van der Waals surface area contributed by atoms with Crippen molar-refractivity contribution in [2.24, 2.45) is 5.10 Å². The fraction of sp³-hybridized carbons (Fsp3) is 0.350. The Kier molecular flexibility index (Phi) is 5.69. The first-order valence-corrected chi connectivity index (χ1v) is 9.05. The van der Waals surface area contributed by atoms with E-state index < -0.39 is 11.8 Å². The Morgan fingerprint density at radius 3 is 2.56 bits per heavy atom. The summed E-state index contributed by atoms with van der Waals surface area (Å²) in [7, 11) is 0. The number of aryl methyl sites for hydroxylation is 1. The lowest BCUT2D eigenvalue weighted by molar-refractivity contribution is -0.146. The molecule has 1 aliphatic rings. The maximum atomic E-state index is 14.1. The summed E-state index contributed by atoms with van der Waals surface area (Å²) in [4.78, 5) is 25.6. The predicted molar refractivity (Wildman–Crippen MR) is 101 cm³/mol.